The van der Waals surface area contributed by atoms with Crippen molar-refractivity contribution in [2.75, 3.05) is 5.75 Å². The summed E-state index contributed by atoms with van der Waals surface area (Å²) in [6, 6.07) is 0.102. The van der Waals surface area contributed by atoms with Gasteiger partial charge in [0.2, 0.25) is 5.91 Å². The lowest BCUT2D eigenvalue weighted by atomic mass is 9.96. The maximum atomic E-state index is 12.8. The van der Waals surface area contributed by atoms with Crippen molar-refractivity contribution in [1.29, 1.82) is 0 Å². The molecule has 166 valence electrons. The molecular formula is C21H33N5O3S. The molecule has 0 saturated heterocycles. The number of nitrogens with zero attached hydrogens (tertiary/aromatic N) is 4. The molecule has 8 nitrogen and oxygen atoms in total. The highest BCUT2D eigenvalue weighted by atomic mass is 32.2. The molecule has 1 N–H and O–H groups in total. The number of rotatable bonds is 8. The van der Waals surface area contributed by atoms with Crippen LogP contribution in [-0.2, 0) is 24.3 Å². The van der Waals surface area contributed by atoms with Gasteiger partial charge in [-0.25, -0.2) is 14.8 Å². The molecule has 2 aromatic rings. The molecular weight excluding hydrogens is 402 g/mol. The van der Waals surface area contributed by atoms with Crippen molar-refractivity contribution in [2.45, 2.75) is 76.8 Å². The van der Waals surface area contributed by atoms with Crippen molar-refractivity contribution in [3.8, 4) is 0 Å². The fourth-order valence-corrected chi connectivity index (χ4v) is 3.92. The zero-order valence-electron chi connectivity index (χ0n) is 19.0. The van der Waals surface area contributed by atoms with Gasteiger partial charge in [-0.3, -0.25) is 18.7 Å². The normalized spacial score (nSPS) is 12.9. The highest BCUT2D eigenvalue weighted by Crippen LogP contribution is 2.26. The summed E-state index contributed by atoms with van der Waals surface area (Å²) in [5.74, 6) is 0.559. The van der Waals surface area contributed by atoms with Crippen LogP contribution in [0.5, 0.6) is 0 Å². The smallest absolute Gasteiger partial charge is 0.332 e. The van der Waals surface area contributed by atoms with Crippen molar-refractivity contribution >= 4 is 28.7 Å². The first kappa shape index (κ1) is 24.1. The molecule has 2 aromatic heterocycles. The summed E-state index contributed by atoms with van der Waals surface area (Å²) in [7, 11) is 3.02. The van der Waals surface area contributed by atoms with Crippen LogP contribution in [0, 0.1) is 0 Å². The van der Waals surface area contributed by atoms with E-state index in [1.54, 1.807) is 7.05 Å². The molecule has 0 saturated carbocycles. The number of unbranched alkanes of at least 4 members (excludes halogenated alkanes) is 2. The van der Waals surface area contributed by atoms with E-state index in [0.29, 0.717) is 16.5 Å². The zero-order valence-corrected chi connectivity index (χ0v) is 19.9. The molecule has 2 heterocycles. The maximum Gasteiger partial charge on any atom is 0.332 e. The van der Waals surface area contributed by atoms with Crippen LogP contribution in [0.25, 0.3) is 11.0 Å². The molecule has 0 bridgehead atoms. The van der Waals surface area contributed by atoms with Crippen molar-refractivity contribution < 1.29 is 4.79 Å². The van der Waals surface area contributed by atoms with Crippen molar-refractivity contribution in [1.82, 2.24) is 24.4 Å². The molecule has 30 heavy (non-hydrogen) atoms. The SMILES string of the molecule is CCCCCC(C)NC(=O)CSc1nc(C(C)(C)C)nc2c1c(=O)n(C)c(=O)n2C. The zero-order chi connectivity index (χ0) is 22.6. The molecule has 0 aromatic carbocycles. The third-order valence-corrected chi connectivity index (χ3v) is 5.90. The number of fused-ring (bicyclic) bond motifs is 1. The van der Waals surface area contributed by atoms with E-state index in [9.17, 15) is 14.4 Å². The number of nitrogens with one attached hydrogen (secondary N) is 1. The lowest BCUT2D eigenvalue weighted by molar-refractivity contribution is -0.119. The standard InChI is InChI=1S/C21H33N5O3S/c1-8-9-10-11-13(2)22-14(27)12-30-17-15-16(23-19(24-17)21(3,4)5)25(6)20(29)26(7)18(15)28/h13H,8-12H2,1-7H3,(H,22,27). The summed E-state index contributed by atoms with van der Waals surface area (Å²) in [5, 5.41) is 3.70. The molecule has 0 fully saturated rings. The first-order valence-corrected chi connectivity index (χ1v) is 11.4. The third kappa shape index (κ3) is 5.50. The number of carbonyl (C=O) groups is 1. The molecule has 0 radical (unpaired) electrons. The van der Waals surface area contributed by atoms with E-state index in [4.69, 9.17) is 0 Å². The van der Waals surface area contributed by atoms with E-state index in [2.05, 4.69) is 22.2 Å². The lowest BCUT2D eigenvalue weighted by Gasteiger charge is -2.19. The van der Waals surface area contributed by atoms with Gasteiger partial charge in [0.25, 0.3) is 5.56 Å². The second-order valence-corrected chi connectivity index (χ2v) is 9.72. The Morgan fingerprint density at radius 2 is 1.80 bits per heavy atom. The summed E-state index contributed by atoms with van der Waals surface area (Å²) >= 11 is 1.20. The molecule has 1 unspecified atom stereocenters. The molecule has 1 atom stereocenters. The van der Waals surface area contributed by atoms with Crippen LogP contribution in [0.15, 0.2) is 14.6 Å². The Kier molecular flexibility index (Phi) is 7.85. The molecule has 0 aliphatic carbocycles. The maximum absolute atomic E-state index is 12.8. The summed E-state index contributed by atoms with van der Waals surface area (Å²) < 4.78 is 2.40. The van der Waals surface area contributed by atoms with Gasteiger partial charge in [0, 0.05) is 25.6 Å². The molecule has 0 spiro atoms. The number of hydrogen-bond acceptors (Lipinski definition) is 6. The van der Waals surface area contributed by atoms with Gasteiger partial charge in [0.15, 0.2) is 5.65 Å². The lowest BCUT2D eigenvalue weighted by Crippen LogP contribution is -2.38. The van der Waals surface area contributed by atoms with Crippen molar-refractivity contribution in [3.63, 3.8) is 0 Å². The number of amides is 1. The number of thioether (sulfide) groups is 1. The molecule has 0 aliphatic heterocycles. The number of aryl methyl sites for hydroxylation is 1. The second-order valence-electron chi connectivity index (χ2n) is 8.76. The quantitative estimate of drug-likeness (QED) is 0.389. The monoisotopic (exact) mass is 435 g/mol. The Hall–Kier alpha value is -2.16. The van der Waals surface area contributed by atoms with Gasteiger partial charge in [0.1, 0.15) is 16.2 Å². The van der Waals surface area contributed by atoms with Gasteiger partial charge in [0.05, 0.1) is 5.75 Å². The molecule has 2 rings (SSSR count). The van der Waals surface area contributed by atoms with E-state index >= 15 is 0 Å². The number of carbonyl (C=O) groups excluding carboxylic acids is 1. The minimum atomic E-state index is -0.454. The highest BCUT2D eigenvalue weighted by molar-refractivity contribution is 8.00. The Morgan fingerprint density at radius 1 is 1.13 bits per heavy atom. The second kappa shape index (κ2) is 9.76. The average Bonchev–Trinajstić information content (AvgIpc) is 2.67. The fourth-order valence-electron chi connectivity index (χ4n) is 3.09. The van der Waals surface area contributed by atoms with E-state index in [0.717, 1.165) is 30.3 Å². The molecule has 0 aliphatic rings. The molecule has 9 heteroatoms. The predicted octanol–water partition coefficient (Wildman–Crippen LogP) is 2.50. The van der Waals surface area contributed by atoms with Crippen LogP contribution >= 0.6 is 11.8 Å². The van der Waals surface area contributed by atoms with E-state index in [1.807, 2.05) is 27.7 Å². The summed E-state index contributed by atoms with van der Waals surface area (Å²) in [6.07, 6.45) is 4.32. The van der Waals surface area contributed by atoms with Crippen LogP contribution in [0.1, 0.15) is 66.1 Å². The van der Waals surface area contributed by atoms with Crippen LogP contribution in [-0.4, -0.2) is 36.8 Å². The summed E-state index contributed by atoms with van der Waals surface area (Å²) in [6.45, 7) is 10.0. The van der Waals surface area contributed by atoms with Gasteiger partial charge in [-0.1, -0.05) is 58.7 Å². The fraction of sp³-hybridized carbons (Fsp3) is 0.667. The Bertz CT molecular complexity index is 1040. The summed E-state index contributed by atoms with van der Waals surface area (Å²) in [5.41, 5.74) is -0.986. The van der Waals surface area contributed by atoms with E-state index in [-0.39, 0.29) is 28.5 Å². The van der Waals surface area contributed by atoms with E-state index in [1.165, 1.54) is 23.4 Å². The summed E-state index contributed by atoms with van der Waals surface area (Å²) in [4.78, 5) is 46.7. The number of hydrogen-bond donors (Lipinski definition) is 1. The van der Waals surface area contributed by atoms with Crippen LogP contribution in [0.4, 0.5) is 0 Å². The minimum Gasteiger partial charge on any atom is -0.353 e. The van der Waals surface area contributed by atoms with Crippen LogP contribution < -0.4 is 16.6 Å². The van der Waals surface area contributed by atoms with E-state index < -0.39 is 11.2 Å². The first-order valence-electron chi connectivity index (χ1n) is 10.4. The molecule has 1 amide bonds. The van der Waals surface area contributed by atoms with Crippen molar-refractivity contribution in [3.05, 3.63) is 26.7 Å². The predicted molar refractivity (Wildman–Crippen MR) is 121 cm³/mol. The van der Waals surface area contributed by atoms with Crippen LogP contribution in [0.2, 0.25) is 0 Å². The minimum absolute atomic E-state index is 0.102. The third-order valence-electron chi connectivity index (χ3n) is 4.93. The van der Waals surface area contributed by atoms with Gasteiger partial charge < -0.3 is 5.32 Å². The van der Waals surface area contributed by atoms with Crippen LogP contribution in [0.3, 0.4) is 0 Å². The largest absolute Gasteiger partial charge is 0.353 e. The van der Waals surface area contributed by atoms with Gasteiger partial charge in [-0.15, -0.1) is 0 Å². The topological polar surface area (TPSA) is 98.9 Å². The van der Waals surface area contributed by atoms with Gasteiger partial charge >= 0.3 is 5.69 Å². The number of aromatic nitrogens is 4. The Labute approximate surface area is 181 Å². The highest BCUT2D eigenvalue weighted by Gasteiger charge is 2.24. The first-order chi connectivity index (χ1) is 14.0. The Balaban J connectivity index is 2.37. The van der Waals surface area contributed by atoms with Crippen molar-refractivity contribution in [2.24, 2.45) is 14.1 Å². The Morgan fingerprint density at radius 3 is 2.40 bits per heavy atom. The average molecular weight is 436 g/mol. The van der Waals surface area contributed by atoms with Gasteiger partial charge in [-0.05, 0) is 13.3 Å². The van der Waals surface area contributed by atoms with Gasteiger partial charge in [-0.2, -0.15) is 0 Å².